The Balaban J connectivity index is 2.85. The molecule has 2 N–H and O–H groups in total. The number of hydrogen-bond donors (Lipinski definition) is 1. The summed E-state index contributed by atoms with van der Waals surface area (Å²) >= 11 is 5.20. The van der Waals surface area contributed by atoms with E-state index in [9.17, 15) is 0 Å². The number of hydrogen-bond acceptors (Lipinski definition) is 2. The lowest BCUT2D eigenvalue weighted by Crippen LogP contribution is -2.37. The zero-order valence-electron chi connectivity index (χ0n) is 7.60. The second kappa shape index (κ2) is 3.48. The summed E-state index contributed by atoms with van der Waals surface area (Å²) in [5.41, 5.74) is 5.88. The minimum Gasteiger partial charge on any atom is -0.325 e. The first-order valence-corrected chi connectivity index (χ1v) is 5.56. The summed E-state index contributed by atoms with van der Waals surface area (Å²) in [6.07, 6.45) is 0. The van der Waals surface area contributed by atoms with Gasteiger partial charge in [-0.3, -0.25) is 0 Å². The summed E-state index contributed by atoms with van der Waals surface area (Å²) in [5.74, 6) is 0.411. The monoisotopic (exact) mass is 247 g/mol. The lowest BCUT2D eigenvalue weighted by molar-refractivity contribution is 0.440. The maximum atomic E-state index is 6.01. The average Bonchev–Trinajstić information content (AvgIpc) is 2.32. The van der Waals surface area contributed by atoms with E-state index in [1.54, 1.807) is 11.3 Å². The normalized spacial score (nSPS) is 14.8. The van der Waals surface area contributed by atoms with Gasteiger partial charge < -0.3 is 5.73 Å². The lowest BCUT2D eigenvalue weighted by atomic mass is 9.89. The van der Waals surface area contributed by atoms with Crippen molar-refractivity contribution in [3.8, 4) is 0 Å². The predicted molar refractivity (Wildman–Crippen MR) is 58.7 cm³/mol. The van der Waals surface area contributed by atoms with E-state index in [2.05, 4.69) is 48.8 Å². The van der Waals surface area contributed by atoms with Gasteiger partial charge in [-0.25, -0.2) is 0 Å². The van der Waals surface area contributed by atoms with E-state index in [-0.39, 0.29) is 5.54 Å². The molecule has 0 aliphatic heterocycles. The Morgan fingerprint density at radius 1 is 1.50 bits per heavy atom. The molecular formula is C9H14BrNS. The first kappa shape index (κ1) is 10.2. The van der Waals surface area contributed by atoms with Gasteiger partial charge in [0, 0.05) is 16.3 Å². The van der Waals surface area contributed by atoms with Crippen molar-refractivity contribution in [1.29, 1.82) is 0 Å². The smallest absolute Gasteiger partial charge is 0.0701 e. The van der Waals surface area contributed by atoms with Crippen molar-refractivity contribution in [1.82, 2.24) is 0 Å². The minimum atomic E-state index is -0.135. The number of halogens is 1. The molecule has 1 unspecified atom stereocenters. The van der Waals surface area contributed by atoms with Crippen molar-refractivity contribution >= 4 is 27.3 Å². The van der Waals surface area contributed by atoms with Crippen LogP contribution in [0.2, 0.25) is 0 Å². The van der Waals surface area contributed by atoms with E-state index < -0.39 is 0 Å². The Morgan fingerprint density at radius 2 is 2.08 bits per heavy atom. The number of rotatable bonds is 2. The van der Waals surface area contributed by atoms with Crippen molar-refractivity contribution < 1.29 is 0 Å². The van der Waals surface area contributed by atoms with E-state index in [0.717, 1.165) is 0 Å². The van der Waals surface area contributed by atoms with E-state index in [1.165, 1.54) is 8.66 Å². The van der Waals surface area contributed by atoms with Crippen LogP contribution in [0.15, 0.2) is 15.9 Å². The molecule has 0 saturated carbocycles. The van der Waals surface area contributed by atoms with Crippen molar-refractivity contribution in [3.05, 3.63) is 20.8 Å². The van der Waals surface area contributed by atoms with Gasteiger partial charge in [0.25, 0.3) is 0 Å². The molecule has 0 aromatic carbocycles. The fraction of sp³-hybridized carbons (Fsp3) is 0.556. The third-order valence-electron chi connectivity index (χ3n) is 2.14. The minimum absolute atomic E-state index is 0.135. The third kappa shape index (κ3) is 2.31. The first-order chi connectivity index (χ1) is 5.41. The number of thiophene rings is 1. The highest BCUT2D eigenvalue weighted by Crippen LogP contribution is 2.33. The molecule has 1 rings (SSSR count). The summed E-state index contributed by atoms with van der Waals surface area (Å²) in [7, 11) is 0. The third-order valence-corrected chi connectivity index (χ3v) is 3.94. The van der Waals surface area contributed by atoms with Crippen molar-refractivity contribution in [3.63, 3.8) is 0 Å². The zero-order chi connectivity index (χ0) is 9.35. The Morgan fingerprint density at radius 3 is 2.42 bits per heavy atom. The van der Waals surface area contributed by atoms with E-state index in [4.69, 9.17) is 5.73 Å². The van der Waals surface area contributed by atoms with Crippen LogP contribution < -0.4 is 5.73 Å². The molecule has 0 aliphatic rings. The molecule has 0 aliphatic carbocycles. The van der Waals surface area contributed by atoms with Gasteiger partial charge in [-0.15, -0.1) is 11.3 Å². The van der Waals surface area contributed by atoms with E-state index in [1.807, 2.05) is 0 Å². The summed E-state index contributed by atoms with van der Waals surface area (Å²) < 4.78 is 1.17. The quantitative estimate of drug-likeness (QED) is 0.853. The maximum absolute atomic E-state index is 6.01. The van der Waals surface area contributed by atoms with Crippen LogP contribution in [0, 0.1) is 0 Å². The van der Waals surface area contributed by atoms with Gasteiger partial charge in [0.1, 0.15) is 0 Å². The molecule has 1 atom stereocenters. The van der Waals surface area contributed by atoms with Crippen LogP contribution in [0.5, 0.6) is 0 Å². The standard InChI is InChI=1S/C9H14BrNS/c1-6(9(2,3)11)7-4-5-8(10)12-7/h4-6H,11H2,1-3H3. The van der Waals surface area contributed by atoms with Crippen LogP contribution in [0.1, 0.15) is 31.6 Å². The largest absolute Gasteiger partial charge is 0.325 e. The Bertz CT molecular complexity index is 262. The topological polar surface area (TPSA) is 26.0 Å². The van der Waals surface area contributed by atoms with Crippen molar-refractivity contribution in [2.24, 2.45) is 5.73 Å². The van der Waals surface area contributed by atoms with Crippen LogP contribution in [0.25, 0.3) is 0 Å². The molecule has 0 saturated heterocycles. The molecular weight excluding hydrogens is 234 g/mol. The molecule has 3 heteroatoms. The van der Waals surface area contributed by atoms with Gasteiger partial charge in [0.05, 0.1) is 3.79 Å². The van der Waals surface area contributed by atoms with Crippen LogP contribution in [0.4, 0.5) is 0 Å². The average molecular weight is 248 g/mol. The molecule has 1 aromatic rings. The lowest BCUT2D eigenvalue weighted by Gasteiger charge is -2.26. The van der Waals surface area contributed by atoms with Gasteiger partial charge in [0.15, 0.2) is 0 Å². The van der Waals surface area contributed by atoms with Crippen molar-refractivity contribution in [2.75, 3.05) is 0 Å². The molecule has 1 aromatic heterocycles. The van der Waals surface area contributed by atoms with Gasteiger partial charge in [-0.1, -0.05) is 6.92 Å². The molecule has 1 nitrogen and oxygen atoms in total. The van der Waals surface area contributed by atoms with Crippen LogP contribution in [-0.2, 0) is 0 Å². The maximum Gasteiger partial charge on any atom is 0.0701 e. The summed E-state index contributed by atoms with van der Waals surface area (Å²) in [6.45, 7) is 6.29. The molecule has 0 amide bonds. The zero-order valence-corrected chi connectivity index (χ0v) is 10.00. The van der Waals surface area contributed by atoms with Gasteiger partial charge in [-0.2, -0.15) is 0 Å². The van der Waals surface area contributed by atoms with Crippen LogP contribution in [-0.4, -0.2) is 5.54 Å². The molecule has 1 heterocycles. The Labute approximate surface area is 86.1 Å². The Kier molecular flexibility index (Phi) is 2.97. The first-order valence-electron chi connectivity index (χ1n) is 3.95. The van der Waals surface area contributed by atoms with Gasteiger partial charge >= 0.3 is 0 Å². The second-order valence-electron chi connectivity index (χ2n) is 3.68. The predicted octanol–water partition coefficient (Wildman–Crippen LogP) is 3.35. The second-order valence-corrected chi connectivity index (χ2v) is 6.18. The molecule has 0 spiro atoms. The van der Waals surface area contributed by atoms with Crippen molar-refractivity contribution in [2.45, 2.75) is 32.2 Å². The fourth-order valence-corrected chi connectivity index (χ4v) is 2.60. The van der Waals surface area contributed by atoms with Crippen LogP contribution in [0.3, 0.4) is 0 Å². The molecule has 12 heavy (non-hydrogen) atoms. The highest BCUT2D eigenvalue weighted by molar-refractivity contribution is 9.11. The van der Waals surface area contributed by atoms with Gasteiger partial charge in [0.2, 0.25) is 0 Å². The van der Waals surface area contributed by atoms with Gasteiger partial charge in [-0.05, 0) is 41.9 Å². The molecule has 0 bridgehead atoms. The molecule has 0 fully saturated rings. The molecule has 68 valence electrons. The fourth-order valence-electron chi connectivity index (χ4n) is 0.928. The Hall–Kier alpha value is 0.140. The SMILES string of the molecule is CC(c1ccc(Br)s1)C(C)(C)N. The summed E-state index contributed by atoms with van der Waals surface area (Å²) in [4.78, 5) is 1.34. The summed E-state index contributed by atoms with van der Waals surface area (Å²) in [6, 6.07) is 4.20. The summed E-state index contributed by atoms with van der Waals surface area (Å²) in [5, 5.41) is 0. The van der Waals surface area contributed by atoms with Crippen LogP contribution >= 0.6 is 27.3 Å². The number of nitrogens with two attached hydrogens (primary N) is 1. The highest BCUT2D eigenvalue weighted by atomic mass is 79.9. The van der Waals surface area contributed by atoms with E-state index >= 15 is 0 Å². The highest BCUT2D eigenvalue weighted by Gasteiger charge is 2.23. The van der Waals surface area contributed by atoms with E-state index in [0.29, 0.717) is 5.92 Å². The molecule has 0 radical (unpaired) electrons.